The van der Waals surface area contributed by atoms with Crippen LogP contribution in [-0.2, 0) is 4.79 Å². The largest absolute Gasteiger partial charge is 0.495 e. The maximum atomic E-state index is 12.6. The SMILES string of the molecule is COc1cc[nH]c1/C=C1\C(=O)Nc2ccc3nc(-c4ccccc4)sc3c21. The molecule has 1 aliphatic rings. The maximum Gasteiger partial charge on any atom is 0.256 e. The number of nitrogens with zero attached hydrogens (tertiary/aromatic N) is 1. The van der Waals surface area contributed by atoms with Crippen LogP contribution in [0.25, 0.3) is 32.4 Å². The summed E-state index contributed by atoms with van der Waals surface area (Å²) in [5.41, 5.74) is 5.04. The highest BCUT2D eigenvalue weighted by molar-refractivity contribution is 7.22. The van der Waals surface area contributed by atoms with Crippen molar-refractivity contribution >= 4 is 44.8 Å². The van der Waals surface area contributed by atoms with Crippen LogP contribution in [0.1, 0.15) is 11.3 Å². The monoisotopic (exact) mass is 373 g/mol. The quantitative estimate of drug-likeness (QED) is 0.507. The number of ether oxygens (including phenoxy) is 1. The van der Waals surface area contributed by atoms with E-state index in [0.717, 1.165) is 37.7 Å². The molecule has 0 fully saturated rings. The summed E-state index contributed by atoms with van der Waals surface area (Å²) in [5, 5.41) is 3.90. The van der Waals surface area contributed by atoms with Gasteiger partial charge in [-0.2, -0.15) is 0 Å². The molecule has 27 heavy (non-hydrogen) atoms. The van der Waals surface area contributed by atoms with E-state index in [1.54, 1.807) is 24.6 Å². The van der Waals surface area contributed by atoms with E-state index < -0.39 is 0 Å². The molecule has 0 spiro atoms. The summed E-state index contributed by atoms with van der Waals surface area (Å²) in [4.78, 5) is 20.5. The summed E-state index contributed by atoms with van der Waals surface area (Å²) >= 11 is 1.60. The second kappa shape index (κ2) is 6.10. The van der Waals surface area contributed by atoms with Gasteiger partial charge in [-0.15, -0.1) is 11.3 Å². The van der Waals surface area contributed by atoms with Crippen molar-refractivity contribution in [3.63, 3.8) is 0 Å². The van der Waals surface area contributed by atoms with Gasteiger partial charge >= 0.3 is 0 Å². The third kappa shape index (κ3) is 2.53. The van der Waals surface area contributed by atoms with Gasteiger partial charge in [0.1, 0.15) is 10.8 Å². The number of aromatic nitrogens is 2. The number of hydrogen-bond donors (Lipinski definition) is 2. The molecule has 0 radical (unpaired) electrons. The first-order valence-corrected chi connectivity index (χ1v) is 9.30. The Morgan fingerprint density at radius 1 is 1.11 bits per heavy atom. The molecule has 2 N–H and O–H groups in total. The third-order valence-electron chi connectivity index (χ3n) is 4.59. The molecule has 0 aliphatic carbocycles. The van der Waals surface area contributed by atoms with E-state index in [-0.39, 0.29) is 5.91 Å². The van der Waals surface area contributed by atoms with E-state index in [9.17, 15) is 4.79 Å². The highest BCUT2D eigenvalue weighted by Gasteiger charge is 2.28. The van der Waals surface area contributed by atoms with Crippen molar-refractivity contribution in [1.29, 1.82) is 0 Å². The van der Waals surface area contributed by atoms with Crippen molar-refractivity contribution < 1.29 is 9.53 Å². The van der Waals surface area contributed by atoms with Gasteiger partial charge in [-0.3, -0.25) is 4.79 Å². The average molecular weight is 373 g/mol. The summed E-state index contributed by atoms with van der Waals surface area (Å²) in [6.07, 6.45) is 3.63. The van der Waals surface area contributed by atoms with E-state index in [2.05, 4.69) is 10.3 Å². The van der Waals surface area contributed by atoms with E-state index in [1.165, 1.54) is 0 Å². The zero-order valence-electron chi connectivity index (χ0n) is 14.4. The highest BCUT2D eigenvalue weighted by Crippen LogP contribution is 2.43. The van der Waals surface area contributed by atoms with Crippen LogP contribution in [0.3, 0.4) is 0 Å². The molecule has 1 aliphatic heterocycles. The van der Waals surface area contributed by atoms with Gasteiger partial charge in [0.2, 0.25) is 0 Å². The number of thiazole rings is 1. The Bertz CT molecular complexity index is 1200. The number of carbonyl (C=O) groups is 1. The molecule has 5 nitrogen and oxygen atoms in total. The lowest BCUT2D eigenvalue weighted by Crippen LogP contribution is -2.03. The Balaban J connectivity index is 1.71. The van der Waals surface area contributed by atoms with Gasteiger partial charge in [-0.1, -0.05) is 30.3 Å². The molecule has 4 aromatic rings. The molecule has 132 valence electrons. The fraction of sp³-hybridized carbons (Fsp3) is 0.0476. The molecule has 5 rings (SSSR count). The standard InChI is InChI=1S/C21H15N3O2S/c1-26-17-9-10-22-16(17)11-13-18-14(23-20(13)25)7-8-15-19(18)27-21(24-15)12-5-3-2-4-6-12/h2-11,22H,1H3,(H,23,25)/b13-11-. The fourth-order valence-electron chi connectivity index (χ4n) is 3.31. The second-order valence-electron chi connectivity index (χ2n) is 6.19. The number of anilines is 1. The van der Waals surface area contributed by atoms with Crippen LogP contribution < -0.4 is 10.1 Å². The first-order valence-electron chi connectivity index (χ1n) is 8.48. The number of rotatable bonds is 3. The molecular weight excluding hydrogens is 358 g/mol. The number of fused-ring (bicyclic) bond motifs is 3. The summed E-state index contributed by atoms with van der Waals surface area (Å²) < 4.78 is 6.35. The van der Waals surface area contributed by atoms with Crippen LogP contribution in [0.15, 0.2) is 54.7 Å². The smallest absolute Gasteiger partial charge is 0.256 e. The number of benzene rings is 2. The van der Waals surface area contributed by atoms with Gasteiger partial charge in [-0.05, 0) is 24.3 Å². The van der Waals surface area contributed by atoms with Gasteiger partial charge in [0.15, 0.2) is 0 Å². The van der Waals surface area contributed by atoms with Crippen molar-refractivity contribution in [2.75, 3.05) is 12.4 Å². The number of amides is 1. The Morgan fingerprint density at radius 3 is 2.78 bits per heavy atom. The first-order chi connectivity index (χ1) is 13.2. The maximum absolute atomic E-state index is 12.6. The normalized spacial score (nSPS) is 14.6. The number of methoxy groups -OCH3 is 1. The highest BCUT2D eigenvalue weighted by atomic mass is 32.1. The van der Waals surface area contributed by atoms with E-state index in [0.29, 0.717) is 11.3 Å². The van der Waals surface area contributed by atoms with Crippen LogP contribution in [0.5, 0.6) is 5.75 Å². The number of hydrogen-bond acceptors (Lipinski definition) is 4. The van der Waals surface area contributed by atoms with E-state index in [4.69, 9.17) is 9.72 Å². The molecule has 1 amide bonds. The van der Waals surface area contributed by atoms with Crippen LogP contribution in [0, 0.1) is 0 Å². The molecule has 0 atom stereocenters. The molecule has 2 aromatic heterocycles. The van der Waals surface area contributed by atoms with Crippen LogP contribution in [0.2, 0.25) is 0 Å². The Morgan fingerprint density at radius 2 is 1.96 bits per heavy atom. The first kappa shape index (κ1) is 15.8. The van der Waals surface area contributed by atoms with Crippen molar-refractivity contribution in [3.05, 3.63) is 66.0 Å². The van der Waals surface area contributed by atoms with Crippen LogP contribution in [-0.4, -0.2) is 23.0 Å². The van der Waals surface area contributed by atoms with Crippen LogP contribution in [0.4, 0.5) is 5.69 Å². The van der Waals surface area contributed by atoms with Gasteiger partial charge < -0.3 is 15.0 Å². The lowest BCUT2D eigenvalue weighted by Gasteiger charge is -2.01. The Labute approximate surface area is 159 Å². The third-order valence-corrected chi connectivity index (χ3v) is 5.73. The predicted octanol–water partition coefficient (Wildman–Crippen LogP) is 4.79. The van der Waals surface area contributed by atoms with E-state index >= 15 is 0 Å². The zero-order chi connectivity index (χ0) is 18.4. The summed E-state index contributed by atoms with van der Waals surface area (Å²) in [6, 6.07) is 15.8. The van der Waals surface area contributed by atoms with Crippen molar-refractivity contribution in [2.24, 2.45) is 0 Å². The van der Waals surface area contributed by atoms with Crippen molar-refractivity contribution in [2.45, 2.75) is 0 Å². The number of carbonyl (C=O) groups excluding carboxylic acids is 1. The number of H-pyrrole nitrogens is 1. The zero-order valence-corrected chi connectivity index (χ0v) is 15.3. The predicted molar refractivity (Wildman–Crippen MR) is 109 cm³/mol. The topological polar surface area (TPSA) is 67.0 Å². The summed E-state index contributed by atoms with van der Waals surface area (Å²) in [5.74, 6) is 0.578. The molecule has 0 saturated heterocycles. The fourth-order valence-corrected chi connectivity index (χ4v) is 4.44. The minimum atomic E-state index is -0.121. The Hall–Kier alpha value is -3.38. The van der Waals surface area contributed by atoms with E-state index in [1.807, 2.05) is 54.6 Å². The number of nitrogens with one attached hydrogen (secondary N) is 2. The van der Waals surface area contributed by atoms with Crippen molar-refractivity contribution in [1.82, 2.24) is 9.97 Å². The van der Waals surface area contributed by atoms with Gasteiger partial charge in [0.05, 0.1) is 34.3 Å². The Kier molecular flexibility index (Phi) is 3.58. The second-order valence-corrected chi connectivity index (χ2v) is 7.19. The van der Waals surface area contributed by atoms with Gasteiger partial charge in [0.25, 0.3) is 5.91 Å². The minimum Gasteiger partial charge on any atom is -0.495 e. The van der Waals surface area contributed by atoms with Gasteiger partial charge in [0, 0.05) is 17.3 Å². The molecular formula is C21H15N3O2S. The molecule has 2 aromatic carbocycles. The average Bonchev–Trinajstić information content (AvgIpc) is 3.39. The number of aromatic amines is 1. The lowest BCUT2D eigenvalue weighted by atomic mass is 10.1. The minimum absolute atomic E-state index is 0.121. The summed E-state index contributed by atoms with van der Waals surface area (Å²) in [6.45, 7) is 0. The molecule has 0 bridgehead atoms. The van der Waals surface area contributed by atoms with Crippen LogP contribution >= 0.6 is 11.3 Å². The summed E-state index contributed by atoms with van der Waals surface area (Å²) in [7, 11) is 1.61. The molecule has 0 saturated carbocycles. The molecule has 6 heteroatoms. The molecule has 3 heterocycles. The lowest BCUT2D eigenvalue weighted by molar-refractivity contribution is -0.110. The van der Waals surface area contributed by atoms with Gasteiger partial charge in [-0.25, -0.2) is 4.98 Å². The van der Waals surface area contributed by atoms with Crippen molar-refractivity contribution in [3.8, 4) is 16.3 Å². The molecule has 0 unspecified atom stereocenters.